The Morgan fingerprint density at radius 2 is 2.12 bits per heavy atom. The molecule has 17 heavy (non-hydrogen) atoms. The Labute approximate surface area is 98.4 Å². The molecule has 2 aromatic rings. The summed E-state index contributed by atoms with van der Waals surface area (Å²) in [7, 11) is 0. The maximum Gasteiger partial charge on any atom is 0.253 e. The first-order valence-electron chi connectivity index (χ1n) is 5.12. The molecule has 1 aromatic carbocycles. The molecule has 88 valence electrons. The first-order valence-corrected chi connectivity index (χ1v) is 5.12. The van der Waals surface area contributed by atoms with Gasteiger partial charge in [0.2, 0.25) is 0 Å². The van der Waals surface area contributed by atoms with Crippen molar-refractivity contribution in [2.45, 2.75) is 6.54 Å². The van der Waals surface area contributed by atoms with Gasteiger partial charge in [0.15, 0.2) is 0 Å². The van der Waals surface area contributed by atoms with Gasteiger partial charge in [0.25, 0.3) is 5.91 Å². The highest BCUT2D eigenvalue weighted by Crippen LogP contribution is 2.15. The van der Waals surface area contributed by atoms with Crippen LogP contribution in [0.1, 0.15) is 16.1 Å². The summed E-state index contributed by atoms with van der Waals surface area (Å²) >= 11 is 0. The van der Waals surface area contributed by atoms with Crippen LogP contribution in [0.4, 0.5) is 11.4 Å². The molecule has 1 aromatic heterocycles. The molecule has 0 saturated heterocycles. The van der Waals surface area contributed by atoms with Gasteiger partial charge in [-0.05, 0) is 30.3 Å². The Hall–Kier alpha value is -2.43. The number of hydrogen-bond acceptors (Lipinski definition) is 4. The van der Waals surface area contributed by atoms with Crippen molar-refractivity contribution >= 4 is 17.3 Å². The van der Waals surface area contributed by atoms with E-state index in [-0.39, 0.29) is 5.91 Å². The smallest absolute Gasteiger partial charge is 0.253 e. The maximum atomic E-state index is 11.8. The SMILES string of the molecule is Nc1ccc(C(=O)NCc2ccco2)c(N)c1. The lowest BCUT2D eigenvalue weighted by Crippen LogP contribution is -2.23. The fourth-order valence-electron chi connectivity index (χ4n) is 1.46. The molecule has 0 aliphatic rings. The molecule has 0 spiro atoms. The predicted molar refractivity (Wildman–Crippen MR) is 65.1 cm³/mol. The van der Waals surface area contributed by atoms with Crippen molar-refractivity contribution in [1.29, 1.82) is 0 Å². The second-order valence-corrected chi connectivity index (χ2v) is 3.61. The first kappa shape index (κ1) is 11.1. The van der Waals surface area contributed by atoms with Gasteiger partial charge in [0, 0.05) is 11.4 Å². The molecule has 5 heteroatoms. The lowest BCUT2D eigenvalue weighted by atomic mass is 10.1. The molecule has 5 N–H and O–H groups in total. The first-order chi connectivity index (χ1) is 8.16. The van der Waals surface area contributed by atoms with Crippen LogP contribution in [-0.4, -0.2) is 5.91 Å². The summed E-state index contributed by atoms with van der Waals surface area (Å²) in [5, 5.41) is 2.71. The Balaban J connectivity index is 2.04. The summed E-state index contributed by atoms with van der Waals surface area (Å²) in [5.41, 5.74) is 12.6. The van der Waals surface area contributed by atoms with Gasteiger partial charge in [0.05, 0.1) is 18.4 Å². The van der Waals surface area contributed by atoms with Gasteiger partial charge in [-0.15, -0.1) is 0 Å². The summed E-state index contributed by atoms with van der Waals surface area (Å²) < 4.78 is 5.10. The minimum Gasteiger partial charge on any atom is -0.467 e. The number of nitrogens with two attached hydrogens (primary N) is 2. The molecule has 0 fully saturated rings. The molecule has 0 unspecified atom stereocenters. The van der Waals surface area contributed by atoms with E-state index in [2.05, 4.69) is 5.32 Å². The number of rotatable bonds is 3. The molecule has 0 bridgehead atoms. The third-order valence-corrected chi connectivity index (χ3v) is 2.32. The van der Waals surface area contributed by atoms with Gasteiger partial charge in [-0.3, -0.25) is 4.79 Å². The van der Waals surface area contributed by atoms with Crippen LogP contribution in [0.2, 0.25) is 0 Å². The molecule has 2 rings (SSSR count). The number of anilines is 2. The Bertz CT molecular complexity index is 521. The molecular formula is C12H13N3O2. The van der Waals surface area contributed by atoms with Crippen molar-refractivity contribution in [3.8, 4) is 0 Å². The van der Waals surface area contributed by atoms with Crippen molar-refractivity contribution in [1.82, 2.24) is 5.32 Å². The highest BCUT2D eigenvalue weighted by molar-refractivity contribution is 5.99. The molecule has 0 aliphatic carbocycles. The van der Waals surface area contributed by atoms with Gasteiger partial charge in [-0.2, -0.15) is 0 Å². The number of furan rings is 1. The molecule has 5 nitrogen and oxygen atoms in total. The number of nitrogens with one attached hydrogen (secondary N) is 1. The third-order valence-electron chi connectivity index (χ3n) is 2.32. The van der Waals surface area contributed by atoms with E-state index in [1.807, 2.05) is 0 Å². The van der Waals surface area contributed by atoms with E-state index in [9.17, 15) is 4.79 Å². The minimum absolute atomic E-state index is 0.251. The lowest BCUT2D eigenvalue weighted by molar-refractivity contribution is 0.0949. The number of hydrogen-bond donors (Lipinski definition) is 3. The van der Waals surface area contributed by atoms with Crippen molar-refractivity contribution in [2.75, 3.05) is 11.5 Å². The van der Waals surface area contributed by atoms with E-state index in [0.29, 0.717) is 29.2 Å². The normalized spacial score (nSPS) is 10.1. The zero-order valence-corrected chi connectivity index (χ0v) is 9.14. The van der Waals surface area contributed by atoms with E-state index in [0.717, 1.165) is 0 Å². The second kappa shape index (κ2) is 4.61. The number of carbonyl (C=O) groups is 1. The summed E-state index contributed by atoms with van der Waals surface area (Å²) in [6.07, 6.45) is 1.55. The monoisotopic (exact) mass is 231 g/mol. The van der Waals surface area contributed by atoms with Crippen LogP contribution in [0, 0.1) is 0 Å². The largest absolute Gasteiger partial charge is 0.467 e. The molecule has 1 heterocycles. The zero-order chi connectivity index (χ0) is 12.3. The zero-order valence-electron chi connectivity index (χ0n) is 9.14. The Morgan fingerprint density at radius 3 is 2.76 bits per heavy atom. The fourth-order valence-corrected chi connectivity index (χ4v) is 1.46. The van der Waals surface area contributed by atoms with Crippen LogP contribution in [0.3, 0.4) is 0 Å². The van der Waals surface area contributed by atoms with Crippen molar-refractivity contribution in [2.24, 2.45) is 0 Å². The van der Waals surface area contributed by atoms with Gasteiger partial charge >= 0.3 is 0 Å². The summed E-state index contributed by atoms with van der Waals surface area (Å²) in [5.74, 6) is 0.436. The van der Waals surface area contributed by atoms with Crippen LogP contribution in [0.15, 0.2) is 41.0 Å². The van der Waals surface area contributed by atoms with Crippen molar-refractivity contribution in [3.05, 3.63) is 47.9 Å². The standard InChI is InChI=1S/C12H13N3O2/c13-8-3-4-10(11(14)6-8)12(16)15-7-9-2-1-5-17-9/h1-6H,7,13-14H2,(H,15,16). The van der Waals surface area contributed by atoms with Crippen LogP contribution in [0.5, 0.6) is 0 Å². The van der Waals surface area contributed by atoms with Crippen molar-refractivity contribution in [3.63, 3.8) is 0 Å². The second-order valence-electron chi connectivity index (χ2n) is 3.61. The minimum atomic E-state index is -0.251. The summed E-state index contributed by atoms with van der Waals surface area (Å²) in [4.78, 5) is 11.8. The quantitative estimate of drug-likeness (QED) is 0.695. The van der Waals surface area contributed by atoms with Crippen LogP contribution in [0.25, 0.3) is 0 Å². The Morgan fingerprint density at radius 1 is 1.29 bits per heavy atom. The highest BCUT2D eigenvalue weighted by Gasteiger charge is 2.09. The predicted octanol–water partition coefficient (Wildman–Crippen LogP) is 1.37. The molecular weight excluding hydrogens is 218 g/mol. The number of amides is 1. The summed E-state index contributed by atoms with van der Waals surface area (Å²) in [6.45, 7) is 0.329. The van der Waals surface area contributed by atoms with Gasteiger partial charge in [-0.1, -0.05) is 0 Å². The number of benzene rings is 1. The molecule has 1 amide bonds. The van der Waals surface area contributed by atoms with Crippen molar-refractivity contribution < 1.29 is 9.21 Å². The van der Waals surface area contributed by atoms with E-state index >= 15 is 0 Å². The molecule has 0 radical (unpaired) electrons. The molecule has 0 aliphatic heterocycles. The highest BCUT2D eigenvalue weighted by atomic mass is 16.3. The maximum absolute atomic E-state index is 11.8. The Kier molecular flexibility index (Phi) is 3.00. The van der Waals surface area contributed by atoms with Crippen LogP contribution >= 0.6 is 0 Å². The molecule has 0 saturated carbocycles. The van der Waals surface area contributed by atoms with Crippen LogP contribution < -0.4 is 16.8 Å². The number of carbonyl (C=O) groups excluding carboxylic acids is 1. The van der Waals surface area contributed by atoms with Crippen LogP contribution in [-0.2, 0) is 6.54 Å². The third kappa shape index (κ3) is 2.57. The van der Waals surface area contributed by atoms with E-state index < -0.39 is 0 Å². The van der Waals surface area contributed by atoms with E-state index in [1.165, 1.54) is 0 Å². The average Bonchev–Trinajstić information content (AvgIpc) is 2.78. The number of nitrogen functional groups attached to an aromatic ring is 2. The van der Waals surface area contributed by atoms with Gasteiger partial charge in [0.1, 0.15) is 5.76 Å². The van der Waals surface area contributed by atoms with Gasteiger partial charge < -0.3 is 21.2 Å². The fraction of sp³-hybridized carbons (Fsp3) is 0.0833. The topological polar surface area (TPSA) is 94.3 Å². The van der Waals surface area contributed by atoms with E-state index in [1.54, 1.807) is 36.6 Å². The van der Waals surface area contributed by atoms with E-state index in [4.69, 9.17) is 15.9 Å². The van der Waals surface area contributed by atoms with Gasteiger partial charge in [-0.25, -0.2) is 0 Å². The summed E-state index contributed by atoms with van der Waals surface area (Å²) in [6, 6.07) is 8.34. The molecule has 0 atom stereocenters. The average molecular weight is 231 g/mol. The lowest BCUT2D eigenvalue weighted by Gasteiger charge is -2.06.